The molecule has 0 unspecified atom stereocenters. The van der Waals surface area contributed by atoms with Gasteiger partial charge in [0.25, 0.3) is 0 Å². The van der Waals surface area contributed by atoms with Crippen LogP contribution in [0.5, 0.6) is 11.5 Å². The maximum Gasteiger partial charge on any atom is 0.122 e. The number of ether oxygens (including phenoxy) is 3. The first-order chi connectivity index (χ1) is 13.8. The lowest BCUT2D eigenvalue weighted by atomic mass is 9.77. The Bertz CT molecular complexity index is 758. The van der Waals surface area contributed by atoms with Crippen LogP contribution in [0.2, 0.25) is 0 Å². The van der Waals surface area contributed by atoms with E-state index in [1.807, 2.05) is 18.2 Å². The predicted molar refractivity (Wildman–Crippen MR) is 119 cm³/mol. The summed E-state index contributed by atoms with van der Waals surface area (Å²) >= 11 is 5.86. The number of benzene rings is 2. The molecule has 2 atom stereocenters. The van der Waals surface area contributed by atoms with E-state index in [1.54, 1.807) is 7.11 Å². The summed E-state index contributed by atoms with van der Waals surface area (Å²) in [4.78, 5) is 0. The second-order valence-electron chi connectivity index (χ2n) is 8.12. The minimum absolute atomic E-state index is 0.166. The summed E-state index contributed by atoms with van der Waals surface area (Å²) in [7, 11) is 1.56. The minimum Gasteiger partial charge on any atom is -0.493 e. The summed E-state index contributed by atoms with van der Waals surface area (Å²) in [6.07, 6.45) is -0.632. The molecule has 0 bridgehead atoms. The van der Waals surface area contributed by atoms with Gasteiger partial charge in [-0.3, -0.25) is 0 Å². The van der Waals surface area contributed by atoms with Gasteiger partial charge in [-0.1, -0.05) is 45.0 Å². The molecule has 0 amide bonds. The summed E-state index contributed by atoms with van der Waals surface area (Å²) in [5, 5.41) is 9.71. The van der Waals surface area contributed by atoms with E-state index in [-0.39, 0.29) is 18.6 Å². The van der Waals surface area contributed by atoms with Crippen LogP contribution in [0.4, 0.5) is 0 Å². The van der Waals surface area contributed by atoms with Crippen molar-refractivity contribution < 1.29 is 19.3 Å². The van der Waals surface area contributed by atoms with E-state index < -0.39 is 6.10 Å². The van der Waals surface area contributed by atoms with Crippen molar-refractivity contribution in [3.8, 4) is 11.5 Å². The Kier molecular flexibility index (Phi) is 8.81. The highest BCUT2D eigenvalue weighted by molar-refractivity contribution is 6.18. The van der Waals surface area contributed by atoms with Crippen LogP contribution in [-0.4, -0.2) is 44.0 Å². The average Bonchev–Trinajstić information content (AvgIpc) is 2.71. The Morgan fingerprint density at radius 3 is 2.21 bits per heavy atom. The monoisotopic (exact) mass is 420 g/mol. The van der Waals surface area contributed by atoms with Crippen LogP contribution in [-0.2, 0) is 10.2 Å². The Morgan fingerprint density at radius 1 is 0.966 bits per heavy atom. The molecule has 1 N–H and O–H groups in total. The molecule has 0 spiro atoms. The molecule has 0 saturated carbocycles. The van der Waals surface area contributed by atoms with Crippen LogP contribution in [0.25, 0.3) is 0 Å². The zero-order chi connectivity index (χ0) is 21.4. The maximum atomic E-state index is 9.71. The molecule has 5 heteroatoms. The molecule has 0 saturated heterocycles. The molecule has 0 aliphatic rings. The van der Waals surface area contributed by atoms with E-state index in [4.69, 9.17) is 25.8 Å². The highest BCUT2D eigenvalue weighted by Crippen LogP contribution is 2.34. The zero-order valence-corrected chi connectivity index (χ0v) is 18.8. The third-order valence-electron chi connectivity index (χ3n) is 5.06. The SMILES string of the molecule is COC[C@@H](O)COc1ccc(C(C)(C)c2ccc(OC[C@H](C)CCl)c(C)c2)cc1. The molecular formula is C24H33ClO4. The van der Waals surface area contributed by atoms with E-state index in [2.05, 4.69) is 52.0 Å². The fraction of sp³-hybridized carbons (Fsp3) is 0.500. The third-order valence-corrected chi connectivity index (χ3v) is 5.59. The largest absolute Gasteiger partial charge is 0.493 e. The standard InChI is InChI=1S/C24H33ClO4/c1-17(13-25)14-29-23-11-8-20(12-18(23)2)24(3,4)19-6-9-22(10-7-19)28-16-21(26)15-27-5/h6-12,17,21,26H,13-16H2,1-5H3/t17-,21-/m1/s1. The second-order valence-corrected chi connectivity index (χ2v) is 8.43. The molecular weight excluding hydrogens is 388 g/mol. The zero-order valence-electron chi connectivity index (χ0n) is 18.1. The van der Waals surface area contributed by atoms with Crippen LogP contribution < -0.4 is 9.47 Å². The lowest BCUT2D eigenvalue weighted by molar-refractivity contribution is 0.0325. The van der Waals surface area contributed by atoms with Crippen molar-refractivity contribution in [1.82, 2.24) is 0 Å². The molecule has 0 fully saturated rings. The van der Waals surface area contributed by atoms with Gasteiger partial charge < -0.3 is 19.3 Å². The lowest BCUT2D eigenvalue weighted by Crippen LogP contribution is -2.22. The van der Waals surface area contributed by atoms with E-state index in [0.717, 1.165) is 17.1 Å². The third kappa shape index (κ3) is 6.63. The minimum atomic E-state index is -0.632. The van der Waals surface area contributed by atoms with Gasteiger partial charge in [-0.15, -0.1) is 11.6 Å². The van der Waals surface area contributed by atoms with Crippen LogP contribution in [0.15, 0.2) is 42.5 Å². The Labute approximate surface area is 179 Å². The molecule has 2 aromatic carbocycles. The van der Waals surface area contributed by atoms with Crippen molar-refractivity contribution in [3.63, 3.8) is 0 Å². The number of aliphatic hydroxyl groups excluding tert-OH is 1. The van der Waals surface area contributed by atoms with Gasteiger partial charge in [0.1, 0.15) is 24.2 Å². The molecule has 2 rings (SSSR count). The molecule has 0 aliphatic carbocycles. The Hall–Kier alpha value is -1.75. The summed E-state index contributed by atoms with van der Waals surface area (Å²) in [5.41, 5.74) is 3.35. The maximum absolute atomic E-state index is 9.71. The number of hydrogen-bond acceptors (Lipinski definition) is 4. The Balaban J connectivity index is 2.08. The van der Waals surface area contributed by atoms with Gasteiger partial charge in [-0.25, -0.2) is 0 Å². The van der Waals surface area contributed by atoms with Crippen LogP contribution >= 0.6 is 11.6 Å². The van der Waals surface area contributed by atoms with Gasteiger partial charge in [-0.2, -0.15) is 0 Å². The number of aliphatic hydroxyl groups is 1. The first kappa shape index (κ1) is 23.5. The number of aryl methyl sites for hydroxylation is 1. The number of hydrogen-bond donors (Lipinski definition) is 1. The van der Waals surface area contributed by atoms with Gasteiger partial charge >= 0.3 is 0 Å². The number of alkyl halides is 1. The summed E-state index contributed by atoms with van der Waals surface area (Å²) in [5.74, 6) is 2.55. The van der Waals surface area contributed by atoms with E-state index in [1.165, 1.54) is 11.1 Å². The van der Waals surface area contributed by atoms with Crippen molar-refractivity contribution in [3.05, 3.63) is 59.2 Å². The summed E-state index contributed by atoms with van der Waals surface area (Å²) < 4.78 is 16.5. The first-order valence-electron chi connectivity index (χ1n) is 9.98. The number of halogens is 1. The fourth-order valence-electron chi connectivity index (χ4n) is 3.04. The van der Waals surface area contributed by atoms with E-state index in [0.29, 0.717) is 18.4 Å². The molecule has 160 valence electrons. The van der Waals surface area contributed by atoms with Crippen LogP contribution in [0.1, 0.15) is 37.5 Å². The second kappa shape index (κ2) is 10.9. The quantitative estimate of drug-likeness (QED) is 0.522. The summed E-state index contributed by atoms with van der Waals surface area (Å²) in [6, 6.07) is 14.4. The van der Waals surface area contributed by atoms with Crippen molar-refractivity contribution in [2.45, 2.75) is 39.2 Å². The van der Waals surface area contributed by atoms with Crippen molar-refractivity contribution >= 4 is 11.6 Å². The highest BCUT2D eigenvalue weighted by Gasteiger charge is 2.24. The van der Waals surface area contributed by atoms with Crippen molar-refractivity contribution in [2.24, 2.45) is 5.92 Å². The van der Waals surface area contributed by atoms with Crippen LogP contribution in [0.3, 0.4) is 0 Å². The van der Waals surface area contributed by atoms with Gasteiger partial charge in [-0.05, 0) is 41.8 Å². The fourth-order valence-corrected chi connectivity index (χ4v) is 3.13. The van der Waals surface area contributed by atoms with E-state index in [9.17, 15) is 5.11 Å². The molecule has 2 aromatic rings. The van der Waals surface area contributed by atoms with Gasteiger partial charge in [0.15, 0.2) is 0 Å². The Morgan fingerprint density at radius 2 is 1.62 bits per heavy atom. The first-order valence-corrected chi connectivity index (χ1v) is 10.5. The molecule has 0 radical (unpaired) electrons. The number of rotatable bonds is 11. The molecule has 29 heavy (non-hydrogen) atoms. The van der Waals surface area contributed by atoms with Crippen molar-refractivity contribution in [1.29, 1.82) is 0 Å². The molecule has 4 nitrogen and oxygen atoms in total. The van der Waals surface area contributed by atoms with E-state index >= 15 is 0 Å². The lowest BCUT2D eigenvalue weighted by Gasteiger charge is -2.27. The predicted octanol–water partition coefficient (Wildman–Crippen LogP) is 4.96. The van der Waals surface area contributed by atoms with Gasteiger partial charge in [0.2, 0.25) is 0 Å². The topological polar surface area (TPSA) is 47.9 Å². The summed E-state index contributed by atoms with van der Waals surface area (Å²) in [6.45, 7) is 9.64. The molecule has 0 heterocycles. The van der Waals surface area contributed by atoms with Crippen molar-refractivity contribution in [2.75, 3.05) is 32.8 Å². The normalized spacial score (nSPS) is 13.8. The molecule has 0 aromatic heterocycles. The van der Waals surface area contributed by atoms with Crippen LogP contribution in [0, 0.1) is 12.8 Å². The smallest absolute Gasteiger partial charge is 0.122 e. The number of methoxy groups -OCH3 is 1. The molecule has 0 aliphatic heterocycles. The van der Waals surface area contributed by atoms with Gasteiger partial charge in [0, 0.05) is 24.3 Å². The van der Waals surface area contributed by atoms with Gasteiger partial charge in [0.05, 0.1) is 13.2 Å². The highest BCUT2D eigenvalue weighted by atomic mass is 35.5. The average molecular weight is 421 g/mol.